The molecule has 0 bridgehead atoms. The summed E-state index contributed by atoms with van der Waals surface area (Å²) in [5.74, 6) is -0.238. The predicted octanol–water partition coefficient (Wildman–Crippen LogP) is 4.60. The quantitative estimate of drug-likeness (QED) is 0.797. The van der Waals surface area contributed by atoms with Gasteiger partial charge in [-0.25, -0.2) is 0 Å². The number of anilines is 1. The van der Waals surface area contributed by atoms with E-state index in [0.717, 1.165) is 5.56 Å². The Labute approximate surface area is 129 Å². The monoisotopic (exact) mass is 303 g/mol. The normalized spacial score (nSPS) is 11.2. The Morgan fingerprint density at radius 2 is 1.71 bits per heavy atom. The van der Waals surface area contributed by atoms with Crippen LogP contribution in [0.4, 0.5) is 5.69 Å². The van der Waals surface area contributed by atoms with Crippen molar-refractivity contribution in [1.82, 2.24) is 0 Å². The van der Waals surface area contributed by atoms with Gasteiger partial charge in [-0.15, -0.1) is 0 Å². The maximum atomic E-state index is 12.2. The molecule has 0 fully saturated rings. The number of hydrogen-bond acceptors (Lipinski definition) is 2. The van der Waals surface area contributed by atoms with Crippen LogP contribution in [0, 0.1) is 0 Å². The SMILES string of the molecule is CC(C)(C)c1ccc(O)c(NC(=O)c2ccc(Cl)cc2)c1. The van der Waals surface area contributed by atoms with Gasteiger partial charge >= 0.3 is 0 Å². The number of carbonyl (C=O) groups excluding carboxylic acids is 1. The van der Waals surface area contributed by atoms with E-state index >= 15 is 0 Å². The van der Waals surface area contributed by atoms with Gasteiger partial charge in [-0.2, -0.15) is 0 Å². The largest absolute Gasteiger partial charge is 0.506 e. The third-order valence-electron chi connectivity index (χ3n) is 3.22. The van der Waals surface area contributed by atoms with Gasteiger partial charge in [0.2, 0.25) is 0 Å². The number of phenols is 1. The molecule has 0 aliphatic carbocycles. The maximum Gasteiger partial charge on any atom is 0.255 e. The molecule has 0 aliphatic heterocycles. The Balaban J connectivity index is 2.26. The van der Waals surface area contributed by atoms with Crippen LogP contribution in [0.15, 0.2) is 42.5 Å². The molecule has 2 aromatic carbocycles. The lowest BCUT2D eigenvalue weighted by atomic mass is 9.87. The summed E-state index contributed by atoms with van der Waals surface area (Å²) in [4.78, 5) is 12.2. The van der Waals surface area contributed by atoms with E-state index < -0.39 is 0 Å². The Hall–Kier alpha value is -2.00. The molecule has 3 nitrogen and oxygen atoms in total. The number of hydrogen-bond donors (Lipinski definition) is 2. The smallest absolute Gasteiger partial charge is 0.255 e. The van der Waals surface area contributed by atoms with Crippen LogP contribution in [0.3, 0.4) is 0 Å². The van der Waals surface area contributed by atoms with Crippen molar-refractivity contribution in [2.45, 2.75) is 26.2 Å². The van der Waals surface area contributed by atoms with Gasteiger partial charge in [0.1, 0.15) is 5.75 Å². The second-order valence-corrected chi connectivity index (χ2v) is 6.38. The molecule has 0 heterocycles. The highest BCUT2D eigenvalue weighted by Crippen LogP contribution is 2.31. The second kappa shape index (κ2) is 5.78. The Morgan fingerprint density at radius 1 is 1.10 bits per heavy atom. The maximum absolute atomic E-state index is 12.2. The molecular weight excluding hydrogens is 286 g/mol. The molecule has 0 atom stereocenters. The molecule has 1 amide bonds. The first kappa shape index (κ1) is 15.4. The molecule has 0 saturated carbocycles. The number of nitrogens with one attached hydrogen (secondary N) is 1. The van der Waals surface area contributed by atoms with Gasteiger partial charge in [0.25, 0.3) is 5.91 Å². The number of halogens is 1. The Morgan fingerprint density at radius 3 is 2.29 bits per heavy atom. The fourth-order valence-corrected chi connectivity index (χ4v) is 2.02. The number of amides is 1. The number of benzene rings is 2. The van der Waals surface area contributed by atoms with E-state index in [0.29, 0.717) is 16.3 Å². The minimum absolute atomic E-state index is 0.0466. The van der Waals surface area contributed by atoms with E-state index in [1.807, 2.05) is 6.07 Å². The first-order valence-corrected chi connectivity index (χ1v) is 7.05. The summed E-state index contributed by atoms with van der Waals surface area (Å²) in [5, 5.41) is 13.2. The van der Waals surface area contributed by atoms with Gasteiger partial charge in [-0.3, -0.25) is 4.79 Å². The van der Waals surface area contributed by atoms with Crippen molar-refractivity contribution in [3.05, 3.63) is 58.6 Å². The van der Waals surface area contributed by atoms with Crippen molar-refractivity contribution >= 4 is 23.2 Å². The van der Waals surface area contributed by atoms with Crippen LogP contribution in [-0.2, 0) is 5.41 Å². The average molecular weight is 304 g/mol. The molecule has 2 rings (SSSR count). The molecule has 0 spiro atoms. The standard InChI is InChI=1S/C17H18ClNO2/c1-17(2,3)12-6-9-15(20)14(10-12)19-16(21)11-4-7-13(18)8-5-11/h4-10,20H,1-3H3,(H,19,21). The number of phenolic OH excluding ortho intramolecular Hbond substituents is 1. The molecule has 0 aliphatic rings. The fraction of sp³-hybridized carbons (Fsp3) is 0.235. The first-order chi connectivity index (χ1) is 9.77. The number of carbonyl (C=O) groups is 1. The van der Waals surface area contributed by atoms with Crippen molar-refractivity contribution in [3.63, 3.8) is 0 Å². The van der Waals surface area contributed by atoms with E-state index in [2.05, 4.69) is 26.1 Å². The van der Waals surface area contributed by atoms with Crippen LogP contribution in [0.25, 0.3) is 0 Å². The third-order valence-corrected chi connectivity index (χ3v) is 3.47. The van der Waals surface area contributed by atoms with Crippen molar-refractivity contribution in [3.8, 4) is 5.75 Å². The Kier molecular flexibility index (Phi) is 4.24. The molecule has 2 N–H and O–H groups in total. The lowest BCUT2D eigenvalue weighted by molar-refractivity contribution is 0.102. The molecule has 0 unspecified atom stereocenters. The van der Waals surface area contributed by atoms with E-state index in [1.54, 1.807) is 36.4 Å². The van der Waals surface area contributed by atoms with E-state index in [1.165, 1.54) is 0 Å². The van der Waals surface area contributed by atoms with E-state index in [-0.39, 0.29) is 17.1 Å². The molecule has 0 saturated heterocycles. The van der Waals surface area contributed by atoms with Gasteiger partial charge in [-0.1, -0.05) is 38.4 Å². The predicted molar refractivity (Wildman–Crippen MR) is 86.2 cm³/mol. The van der Waals surface area contributed by atoms with Crippen LogP contribution >= 0.6 is 11.6 Å². The van der Waals surface area contributed by atoms with Crippen molar-refractivity contribution in [1.29, 1.82) is 0 Å². The lowest BCUT2D eigenvalue weighted by Gasteiger charge is -2.20. The average Bonchev–Trinajstić information content (AvgIpc) is 2.40. The zero-order chi connectivity index (χ0) is 15.6. The van der Waals surface area contributed by atoms with Crippen LogP contribution in [0.1, 0.15) is 36.7 Å². The zero-order valence-corrected chi connectivity index (χ0v) is 13.0. The van der Waals surface area contributed by atoms with Gasteiger partial charge in [0.05, 0.1) is 5.69 Å². The van der Waals surface area contributed by atoms with Crippen LogP contribution in [-0.4, -0.2) is 11.0 Å². The first-order valence-electron chi connectivity index (χ1n) is 6.68. The molecule has 0 aromatic heterocycles. The lowest BCUT2D eigenvalue weighted by Crippen LogP contribution is -2.14. The van der Waals surface area contributed by atoms with E-state index in [4.69, 9.17) is 11.6 Å². The zero-order valence-electron chi connectivity index (χ0n) is 12.3. The number of aromatic hydroxyl groups is 1. The summed E-state index contributed by atoms with van der Waals surface area (Å²) >= 11 is 5.80. The highest BCUT2D eigenvalue weighted by Gasteiger charge is 2.16. The minimum Gasteiger partial charge on any atom is -0.506 e. The Bertz CT molecular complexity index is 657. The summed E-state index contributed by atoms with van der Waals surface area (Å²) in [6.45, 7) is 6.22. The molecule has 0 radical (unpaired) electrons. The van der Waals surface area contributed by atoms with Gasteiger partial charge in [0.15, 0.2) is 0 Å². The fourth-order valence-electron chi connectivity index (χ4n) is 1.90. The van der Waals surface area contributed by atoms with Gasteiger partial charge < -0.3 is 10.4 Å². The summed E-state index contributed by atoms with van der Waals surface area (Å²) in [7, 11) is 0. The highest BCUT2D eigenvalue weighted by atomic mass is 35.5. The molecule has 110 valence electrons. The topological polar surface area (TPSA) is 49.3 Å². The van der Waals surface area contributed by atoms with E-state index in [9.17, 15) is 9.90 Å². The van der Waals surface area contributed by atoms with Gasteiger partial charge in [-0.05, 0) is 47.4 Å². The van der Waals surface area contributed by atoms with Crippen LogP contribution in [0.2, 0.25) is 5.02 Å². The van der Waals surface area contributed by atoms with Gasteiger partial charge in [0, 0.05) is 10.6 Å². The summed E-state index contributed by atoms with van der Waals surface area (Å²) in [6, 6.07) is 11.8. The molecule has 2 aromatic rings. The van der Waals surface area contributed by atoms with Crippen molar-refractivity contribution < 1.29 is 9.90 Å². The minimum atomic E-state index is -0.284. The second-order valence-electron chi connectivity index (χ2n) is 5.94. The number of rotatable bonds is 2. The highest BCUT2D eigenvalue weighted by molar-refractivity contribution is 6.30. The summed E-state index contributed by atoms with van der Waals surface area (Å²) in [5.41, 5.74) is 1.86. The summed E-state index contributed by atoms with van der Waals surface area (Å²) in [6.07, 6.45) is 0. The molecular formula is C17H18ClNO2. The molecule has 21 heavy (non-hydrogen) atoms. The van der Waals surface area contributed by atoms with Crippen LogP contribution in [0.5, 0.6) is 5.75 Å². The van der Waals surface area contributed by atoms with Crippen molar-refractivity contribution in [2.75, 3.05) is 5.32 Å². The third kappa shape index (κ3) is 3.76. The van der Waals surface area contributed by atoms with Crippen molar-refractivity contribution in [2.24, 2.45) is 0 Å². The summed E-state index contributed by atoms with van der Waals surface area (Å²) < 4.78 is 0. The molecule has 4 heteroatoms. The van der Waals surface area contributed by atoms with Crippen LogP contribution < -0.4 is 5.32 Å².